The molecule has 0 bridgehead atoms. The van der Waals surface area contributed by atoms with Crippen LogP contribution in [0.1, 0.15) is 106 Å². The summed E-state index contributed by atoms with van der Waals surface area (Å²) in [7, 11) is 0. The number of hydrogen-bond acceptors (Lipinski definition) is 1. The topological polar surface area (TPSA) is 9.23 Å². The zero-order valence-corrected chi connectivity index (χ0v) is 20.7. The third kappa shape index (κ3) is 6.09. The summed E-state index contributed by atoms with van der Waals surface area (Å²) in [4.78, 5) is 0. The lowest BCUT2D eigenvalue weighted by Gasteiger charge is -2.32. The van der Waals surface area contributed by atoms with Crippen LogP contribution in [0.3, 0.4) is 0 Å². The van der Waals surface area contributed by atoms with Gasteiger partial charge in [0, 0.05) is 0 Å². The molecular formula is C31H40F2O. The lowest BCUT2D eigenvalue weighted by Crippen LogP contribution is -2.18. The van der Waals surface area contributed by atoms with Crippen molar-refractivity contribution in [3.63, 3.8) is 0 Å². The van der Waals surface area contributed by atoms with Crippen LogP contribution >= 0.6 is 0 Å². The van der Waals surface area contributed by atoms with E-state index in [9.17, 15) is 8.78 Å². The van der Waals surface area contributed by atoms with E-state index in [4.69, 9.17) is 4.74 Å². The summed E-state index contributed by atoms with van der Waals surface area (Å²) in [5.41, 5.74) is 3.22. The molecule has 0 amide bonds. The van der Waals surface area contributed by atoms with Gasteiger partial charge in [-0.25, -0.2) is 4.39 Å². The number of benzene rings is 2. The zero-order valence-electron chi connectivity index (χ0n) is 20.7. The van der Waals surface area contributed by atoms with Gasteiger partial charge in [0.05, 0.1) is 6.61 Å². The Morgan fingerprint density at radius 1 is 0.794 bits per heavy atom. The van der Waals surface area contributed by atoms with Gasteiger partial charge in [-0.15, -0.1) is 0 Å². The third-order valence-corrected chi connectivity index (χ3v) is 8.30. The summed E-state index contributed by atoms with van der Waals surface area (Å²) >= 11 is 0. The molecule has 0 spiro atoms. The molecule has 0 unspecified atom stereocenters. The van der Waals surface area contributed by atoms with Crippen LogP contribution in [0, 0.1) is 23.5 Å². The fourth-order valence-electron chi connectivity index (χ4n) is 6.11. The summed E-state index contributed by atoms with van der Waals surface area (Å²) in [5.74, 6) is 0.950. The molecule has 3 heteroatoms. The zero-order chi connectivity index (χ0) is 23.9. The second-order valence-electron chi connectivity index (χ2n) is 10.5. The highest BCUT2D eigenvalue weighted by Gasteiger charge is 2.28. The highest BCUT2D eigenvalue weighted by atomic mass is 19.2. The Hall–Kier alpha value is -2.16. The minimum Gasteiger partial charge on any atom is -0.490 e. The van der Waals surface area contributed by atoms with Crippen molar-refractivity contribution in [3.05, 3.63) is 71.3 Å². The molecule has 0 N–H and O–H groups in total. The third-order valence-electron chi connectivity index (χ3n) is 8.30. The van der Waals surface area contributed by atoms with E-state index < -0.39 is 11.6 Å². The lowest BCUT2D eigenvalue weighted by atomic mass is 9.73. The van der Waals surface area contributed by atoms with Crippen molar-refractivity contribution in [1.82, 2.24) is 0 Å². The van der Waals surface area contributed by atoms with Crippen LogP contribution in [0.25, 0.3) is 6.08 Å². The Kier molecular flexibility index (Phi) is 8.80. The maximum absolute atomic E-state index is 14.7. The Balaban J connectivity index is 1.20. The molecule has 1 nitrogen and oxygen atoms in total. The van der Waals surface area contributed by atoms with Gasteiger partial charge < -0.3 is 4.74 Å². The second kappa shape index (κ2) is 12.0. The van der Waals surface area contributed by atoms with E-state index in [1.165, 1.54) is 49.7 Å². The number of hydrogen-bond donors (Lipinski definition) is 0. The van der Waals surface area contributed by atoms with Crippen LogP contribution in [0.15, 0.2) is 43.0 Å². The summed E-state index contributed by atoms with van der Waals surface area (Å²) in [5, 5.41) is 0. The first-order chi connectivity index (χ1) is 16.6. The standard InChI is InChI=1S/C31H40F2O/c1-3-21-34-29-20-19-28(30(32)31(29)33)27-17-11-24(12-18-27)6-5-23-9-15-26(16-10-23)25-13-7-22(4-2)8-14-25/h4,7-8,13-14,19-20,23-24,26-27H,2-3,5-6,9-12,15-18,21H2,1H3. The number of ether oxygens (including phenoxy) is 1. The molecule has 2 aliphatic carbocycles. The molecule has 0 aromatic heterocycles. The van der Waals surface area contributed by atoms with Crippen LogP contribution in [-0.2, 0) is 0 Å². The molecule has 0 radical (unpaired) electrons. The Bertz CT molecular complexity index is 919. The van der Waals surface area contributed by atoms with E-state index in [2.05, 4.69) is 30.8 Å². The fraction of sp³-hybridized carbons (Fsp3) is 0.548. The molecule has 34 heavy (non-hydrogen) atoms. The van der Waals surface area contributed by atoms with E-state index in [1.54, 1.807) is 12.1 Å². The first-order valence-corrected chi connectivity index (χ1v) is 13.4. The van der Waals surface area contributed by atoms with E-state index in [0.29, 0.717) is 18.1 Å². The predicted molar refractivity (Wildman–Crippen MR) is 137 cm³/mol. The second-order valence-corrected chi connectivity index (χ2v) is 10.5. The Labute approximate surface area is 204 Å². The van der Waals surface area contributed by atoms with Gasteiger partial charge in [-0.05, 0) is 104 Å². The molecule has 0 heterocycles. The van der Waals surface area contributed by atoms with Gasteiger partial charge >= 0.3 is 0 Å². The molecule has 4 rings (SSSR count). The molecule has 0 saturated heterocycles. The van der Waals surface area contributed by atoms with Crippen molar-refractivity contribution in [3.8, 4) is 5.75 Å². The van der Waals surface area contributed by atoms with Gasteiger partial charge in [-0.1, -0.05) is 62.8 Å². The van der Waals surface area contributed by atoms with Gasteiger partial charge in [0.15, 0.2) is 11.6 Å². The van der Waals surface area contributed by atoms with Gasteiger partial charge in [0.1, 0.15) is 0 Å². The van der Waals surface area contributed by atoms with Crippen molar-refractivity contribution in [2.45, 2.75) is 89.4 Å². The van der Waals surface area contributed by atoms with Gasteiger partial charge in [-0.2, -0.15) is 4.39 Å². The van der Waals surface area contributed by atoms with E-state index >= 15 is 0 Å². The molecule has 2 aromatic rings. The highest BCUT2D eigenvalue weighted by molar-refractivity contribution is 5.47. The van der Waals surface area contributed by atoms with Crippen molar-refractivity contribution in [1.29, 1.82) is 0 Å². The number of rotatable bonds is 9. The van der Waals surface area contributed by atoms with Crippen molar-refractivity contribution >= 4 is 6.08 Å². The highest BCUT2D eigenvalue weighted by Crippen LogP contribution is 2.42. The fourth-order valence-corrected chi connectivity index (χ4v) is 6.11. The van der Waals surface area contributed by atoms with Crippen LogP contribution in [0.5, 0.6) is 5.75 Å². The lowest BCUT2D eigenvalue weighted by molar-refractivity contribution is 0.250. The minimum atomic E-state index is -0.819. The van der Waals surface area contributed by atoms with Gasteiger partial charge in [0.25, 0.3) is 0 Å². The monoisotopic (exact) mass is 466 g/mol. The van der Waals surface area contributed by atoms with Crippen molar-refractivity contribution in [2.75, 3.05) is 6.61 Å². The molecule has 2 fully saturated rings. The van der Waals surface area contributed by atoms with Crippen LogP contribution in [-0.4, -0.2) is 6.61 Å². The normalized spacial score (nSPS) is 25.1. The molecule has 2 aromatic carbocycles. The first kappa shape index (κ1) is 24.9. The SMILES string of the molecule is C=Cc1ccc(C2CCC(CCC3CCC(c4ccc(OCCC)c(F)c4F)CC3)CC2)cc1. The van der Waals surface area contributed by atoms with E-state index in [1.807, 2.05) is 13.0 Å². The maximum atomic E-state index is 14.7. The summed E-state index contributed by atoms with van der Waals surface area (Å²) in [6.07, 6.45) is 14.7. The molecule has 2 saturated carbocycles. The Morgan fingerprint density at radius 2 is 1.38 bits per heavy atom. The largest absolute Gasteiger partial charge is 0.490 e. The van der Waals surface area contributed by atoms with Gasteiger partial charge in [-0.3, -0.25) is 0 Å². The molecule has 2 aliphatic rings. The quantitative estimate of drug-likeness (QED) is 0.357. The van der Waals surface area contributed by atoms with Gasteiger partial charge in [0.2, 0.25) is 5.82 Å². The summed E-state index contributed by atoms with van der Waals surface area (Å²) in [6, 6.07) is 12.3. The van der Waals surface area contributed by atoms with E-state index in [-0.39, 0.29) is 11.7 Å². The van der Waals surface area contributed by atoms with Crippen molar-refractivity contribution in [2.24, 2.45) is 11.8 Å². The predicted octanol–water partition coefficient (Wildman–Crippen LogP) is 9.42. The van der Waals surface area contributed by atoms with Crippen LogP contribution < -0.4 is 4.74 Å². The van der Waals surface area contributed by atoms with Crippen LogP contribution in [0.4, 0.5) is 8.78 Å². The number of halogens is 2. The summed E-state index contributed by atoms with van der Waals surface area (Å²) in [6.45, 7) is 6.21. The average Bonchev–Trinajstić information content (AvgIpc) is 2.89. The maximum Gasteiger partial charge on any atom is 0.200 e. The summed E-state index contributed by atoms with van der Waals surface area (Å²) < 4.78 is 34.4. The van der Waals surface area contributed by atoms with E-state index in [0.717, 1.165) is 43.9 Å². The van der Waals surface area contributed by atoms with Crippen LogP contribution in [0.2, 0.25) is 0 Å². The molecule has 184 valence electrons. The van der Waals surface area contributed by atoms with Crippen molar-refractivity contribution < 1.29 is 13.5 Å². The minimum absolute atomic E-state index is 0.0419. The molecular weight excluding hydrogens is 426 g/mol. The Morgan fingerprint density at radius 3 is 1.94 bits per heavy atom. The first-order valence-electron chi connectivity index (χ1n) is 13.4. The smallest absolute Gasteiger partial charge is 0.200 e. The average molecular weight is 467 g/mol. The molecule has 0 aliphatic heterocycles. The molecule has 0 atom stereocenters.